The minimum Gasteiger partial charge on any atom is -0.508 e. The normalized spacial score (nSPS) is 12.9. The zero-order chi connectivity index (χ0) is 13.9. The average Bonchev–Trinajstić information content (AvgIpc) is 2.28. The van der Waals surface area contributed by atoms with Crippen LogP contribution in [-0.4, -0.2) is 24.5 Å². The lowest BCUT2D eigenvalue weighted by molar-refractivity contribution is -0.274. The number of halogens is 3. The molecule has 18 heavy (non-hydrogen) atoms. The van der Waals surface area contributed by atoms with E-state index in [2.05, 4.69) is 9.47 Å². The van der Waals surface area contributed by atoms with Crippen LogP contribution in [0.15, 0.2) is 18.2 Å². The van der Waals surface area contributed by atoms with Crippen LogP contribution in [0.4, 0.5) is 13.2 Å². The van der Waals surface area contributed by atoms with Crippen molar-refractivity contribution in [2.24, 2.45) is 5.73 Å². The quantitative estimate of drug-likeness (QED) is 0.808. The van der Waals surface area contributed by atoms with Crippen molar-refractivity contribution in [2.75, 3.05) is 7.11 Å². The van der Waals surface area contributed by atoms with Crippen LogP contribution in [0.5, 0.6) is 11.5 Å². The Bertz CT molecular complexity index is 447. The Balaban J connectivity index is 3.05. The molecule has 1 atom stereocenters. The summed E-state index contributed by atoms with van der Waals surface area (Å²) in [7, 11) is 1.06. The number of rotatable bonds is 3. The lowest BCUT2D eigenvalue weighted by atomic mass is 10.1. The molecule has 0 fully saturated rings. The number of benzene rings is 1. The Kier molecular flexibility index (Phi) is 4.02. The van der Waals surface area contributed by atoms with Gasteiger partial charge in [-0.25, -0.2) is 0 Å². The van der Waals surface area contributed by atoms with Crippen LogP contribution in [-0.2, 0) is 9.53 Å². The van der Waals surface area contributed by atoms with E-state index in [0.717, 1.165) is 25.3 Å². The molecule has 0 unspecified atom stereocenters. The van der Waals surface area contributed by atoms with Gasteiger partial charge in [0.1, 0.15) is 17.5 Å². The number of nitrogens with two attached hydrogens (primary N) is 1. The second-order valence-corrected chi connectivity index (χ2v) is 3.27. The van der Waals surface area contributed by atoms with Crippen molar-refractivity contribution in [3.05, 3.63) is 23.8 Å². The van der Waals surface area contributed by atoms with Crippen molar-refractivity contribution in [3.8, 4) is 11.5 Å². The van der Waals surface area contributed by atoms with E-state index < -0.39 is 29.9 Å². The third kappa shape index (κ3) is 3.52. The van der Waals surface area contributed by atoms with Crippen molar-refractivity contribution in [2.45, 2.75) is 12.4 Å². The fraction of sp³-hybridized carbons (Fsp3) is 0.300. The number of hydrogen-bond donors (Lipinski definition) is 2. The number of methoxy groups -OCH3 is 1. The molecule has 1 rings (SSSR count). The molecule has 100 valence electrons. The molecule has 0 aliphatic carbocycles. The molecule has 0 saturated carbocycles. The largest absolute Gasteiger partial charge is 0.573 e. The second kappa shape index (κ2) is 5.13. The first-order chi connectivity index (χ1) is 8.24. The number of carbonyl (C=O) groups excluding carboxylic acids is 1. The molecule has 0 amide bonds. The lowest BCUT2D eigenvalue weighted by Crippen LogP contribution is -2.23. The van der Waals surface area contributed by atoms with Crippen molar-refractivity contribution in [3.63, 3.8) is 0 Å². The van der Waals surface area contributed by atoms with E-state index in [1.54, 1.807) is 0 Å². The molecular weight excluding hydrogens is 255 g/mol. The summed E-state index contributed by atoms with van der Waals surface area (Å²) in [6, 6.07) is 1.27. The van der Waals surface area contributed by atoms with Gasteiger partial charge in [0.25, 0.3) is 0 Å². The highest BCUT2D eigenvalue weighted by Gasteiger charge is 2.32. The standard InChI is InChI=1S/C10H10F3NO4/c1-17-9(16)8(14)6-4-5(2-3-7(6)15)18-10(11,12)13/h2-4,8,15H,14H2,1H3/t8-/m1/s1. The predicted octanol–water partition coefficient (Wildman–Crippen LogP) is 1.46. The van der Waals surface area contributed by atoms with Gasteiger partial charge in [0.2, 0.25) is 0 Å². The number of phenolic OH excluding ortho intramolecular Hbond substituents is 1. The molecule has 0 aliphatic heterocycles. The second-order valence-electron chi connectivity index (χ2n) is 3.27. The highest BCUT2D eigenvalue weighted by molar-refractivity contribution is 5.78. The van der Waals surface area contributed by atoms with Crippen LogP contribution in [0.25, 0.3) is 0 Å². The molecule has 0 bridgehead atoms. The van der Waals surface area contributed by atoms with E-state index in [0.29, 0.717) is 0 Å². The van der Waals surface area contributed by atoms with E-state index in [4.69, 9.17) is 5.73 Å². The molecule has 0 spiro atoms. The topological polar surface area (TPSA) is 81.8 Å². The molecule has 0 heterocycles. The summed E-state index contributed by atoms with van der Waals surface area (Å²) in [6.07, 6.45) is -4.87. The van der Waals surface area contributed by atoms with E-state index in [9.17, 15) is 23.1 Å². The number of hydrogen-bond acceptors (Lipinski definition) is 5. The molecule has 8 heteroatoms. The molecule has 0 saturated heterocycles. The summed E-state index contributed by atoms with van der Waals surface area (Å²) in [4.78, 5) is 11.1. The van der Waals surface area contributed by atoms with Crippen LogP contribution in [0.2, 0.25) is 0 Å². The van der Waals surface area contributed by atoms with Gasteiger partial charge in [0.15, 0.2) is 0 Å². The fourth-order valence-corrected chi connectivity index (χ4v) is 1.23. The van der Waals surface area contributed by atoms with Gasteiger partial charge in [-0.1, -0.05) is 0 Å². The number of ether oxygens (including phenoxy) is 2. The molecular formula is C10H10F3NO4. The molecule has 5 nitrogen and oxygen atoms in total. The highest BCUT2D eigenvalue weighted by atomic mass is 19.4. The van der Waals surface area contributed by atoms with Gasteiger partial charge in [0.05, 0.1) is 7.11 Å². The first-order valence-corrected chi connectivity index (χ1v) is 4.66. The number of phenols is 1. The highest BCUT2D eigenvalue weighted by Crippen LogP contribution is 2.30. The first-order valence-electron chi connectivity index (χ1n) is 4.66. The van der Waals surface area contributed by atoms with E-state index in [-0.39, 0.29) is 5.56 Å². The Morgan fingerprint density at radius 2 is 2.06 bits per heavy atom. The monoisotopic (exact) mass is 265 g/mol. The fourth-order valence-electron chi connectivity index (χ4n) is 1.23. The van der Waals surface area contributed by atoms with Crippen molar-refractivity contribution in [1.82, 2.24) is 0 Å². The average molecular weight is 265 g/mol. The SMILES string of the molecule is COC(=O)[C@H](N)c1cc(OC(F)(F)F)ccc1O. The van der Waals surface area contributed by atoms with Gasteiger partial charge in [-0.05, 0) is 18.2 Å². The predicted molar refractivity (Wildman–Crippen MR) is 53.7 cm³/mol. The summed E-state index contributed by atoms with van der Waals surface area (Å²) < 4.78 is 43.9. The third-order valence-corrected chi connectivity index (χ3v) is 2.02. The van der Waals surface area contributed by atoms with Crippen molar-refractivity contribution in [1.29, 1.82) is 0 Å². The van der Waals surface area contributed by atoms with E-state index in [1.807, 2.05) is 0 Å². The minimum atomic E-state index is -4.87. The summed E-state index contributed by atoms with van der Waals surface area (Å²) in [5.41, 5.74) is 5.19. The summed E-state index contributed by atoms with van der Waals surface area (Å²) in [6.45, 7) is 0. The molecule has 3 N–H and O–H groups in total. The Hall–Kier alpha value is -1.96. The maximum atomic E-state index is 12.0. The molecule has 0 radical (unpaired) electrons. The summed E-state index contributed by atoms with van der Waals surface area (Å²) in [5, 5.41) is 9.42. The van der Waals surface area contributed by atoms with Gasteiger partial charge >= 0.3 is 12.3 Å². The Morgan fingerprint density at radius 3 is 2.56 bits per heavy atom. The number of esters is 1. The van der Waals surface area contributed by atoms with E-state index >= 15 is 0 Å². The molecule has 1 aromatic carbocycles. The van der Waals surface area contributed by atoms with Gasteiger partial charge in [-0.3, -0.25) is 4.79 Å². The van der Waals surface area contributed by atoms with Gasteiger partial charge < -0.3 is 20.3 Å². The Morgan fingerprint density at radius 1 is 1.44 bits per heavy atom. The van der Waals surface area contributed by atoms with E-state index in [1.165, 1.54) is 0 Å². The molecule has 0 aliphatic rings. The van der Waals surface area contributed by atoms with Crippen LogP contribution in [0, 0.1) is 0 Å². The van der Waals surface area contributed by atoms with Crippen LogP contribution in [0.1, 0.15) is 11.6 Å². The minimum absolute atomic E-state index is 0.219. The summed E-state index contributed by atoms with van der Waals surface area (Å²) >= 11 is 0. The van der Waals surface area contributed by atoms with Gasteiger partial charge in [0, 0.05) is 5.56 Å². The molecule has 0 aromatic heterocycles. The Labute approximate surface area is 99.9 Å². The first kappa shape index (κ1) is 14.1. The maximum Gasteiger partial charge on any atom is 0.573 e. The van der Waals surface area contributed by atoms with Crippen LogP contribution in [0.3, 0.4) is 0 Å². The van der Waals surface area contributed by atoms with Gasteiger partial charge in [-0.15, -0.1) is 13.2 Å². The number of alkyl halides is 3. The zero-order valence-electron chi connectivity index (χ0n) is 9.19. The number of carbonyl (C=O) groups is 1. The van der Waals surface area contributed by atoms with Crippen LogP contribution >= 0.6 is 0 Å². The molecule has 1 aromatic rings. The summed E-state index contributed by atoms with van der Waals surface area (Å²) in [5.74, 6) is -1.91. The van der Waals surface area contributed by atoms with Crippen molar-refractivity contribution >= 4 is 5.97 Å². The number of aromatic hydroxyl groups is 1. The third-order valence-electron chi connectivity index (χ3n) is 2.02. The lowest BCUT2D eigenvalue weighted by Gasteiger charge is -2.14. The smallest absolute Gasteiger partial charge is 0.508 e. The zero-order valence-corrected chi connectivity index (χ0v) is 9.19. The van der Waals surface area contributed by atoms with Gasteiger partial charge in [-0.2, -0.15) is 0 Å². The van der Waals surface area contributed by atoms with Crippen molar-refractivity contribution < 1.29 is 32.5 Å². The van der Waals surface area contributed by atoms with Crippen LogP contribution < -0.4 is 10.5 Å². The maximum absolute atomic E-state index is 12.0.